The van der Waals surface area contributed by atoms with Crippen LogP contribution in [0, 0.1) is 13.8 Å². The lowest BCUT2D eigenvalue weighted by Crippen LogP contribution is -1.85. The average Bonchev–Trinajstić information content (AvgIpc) is 3.05. The maximum atomic E-state index is 8.77. The molecule has 5 rings (SSSR count). The summed E-state index contributed by atoms with van der Waals surface area (Å²) in [5, 5.41) is 60.6. The van der Waals surface area contributed by atoms with Gasteiger partial charge in [0, 0.05) is 0 Å². The first-order chi connectivity index (χ1) is 20.7. The number of aliphatic hydroxyl groups excluding tert-OH is 4. The highest BCUT2D eigenvalue weighted by Crippen LogP contribution is 2.09. The van der Waals surface area contributed by atoms with Gasteiger partial charge in [0.15, 0.2) is 0 Å². The van der Waals surface area contributed by atoms with Crippen LogP contribution in [0.25, 0.3) is 0 Å². The van der Waals surface area contributed by atoms with Crippen molar-refractivity contribution in [1.29, 1.82) is 0 Å². The Morgan fingerprint density at radius 1 is 0.326 bits per heavy atom. The summed E-state index contributed by atoms with van der Waals surface area (Å²) in [6.45, 7) is 4.30. The number of rotatable bonds is 4. The summed E-state index contributed by atoms with van der Waals surface area (Å²) in [7, 11) is 0. The smallest absolute Gasteiger partial charge is 0.115 e. The normalized spacial score (nSPS) is 9.35. The third-order valence-electron chi connectivity index (χ3n) is 5.60. The first-order valence-corrected chi connectivity index (χ1v) is 13.5. The zero-order valence-corrected chi connectivity index (χ0v) is 24.6. The zero-order valence-electron chi connectivity index (χ0n) is 24.6. The molecule has 7 nitrogen and oxygen atoms in total. The summed E-state index contributed by atoms with van der Waals surface area (Å²) in [6, 6.07) is 37.3. The molecule has 7 heteroatoms. The number of aliphatic hydroxyl groups is 4. The number of aryl methyl sites for hydroxylation is 2. The molecule has 5 aromatic rings. The lowest BCUT2D eigenvalue weighted by Gasteiger charge is -1.96. The van der Waals surface area contributed by atoms with Crippen LogP contribution in [0.5, 0.6) is 17.2 Å². The molecule has 0 aliphatic heterocycles. The van der Waals surface area contributed by atoms with E-state index in [1.165, 1.54) is 11.1 Å². The van der Waals surface area contributed by atoms with Crippen molar-refractivity contribution in [3.05, 3.63) is 161 Å². The van der Waals surface area contributed by atoms with Crippen molar-refractivity contribution in [2.45, 2.75) is 40.3 Å². The molecule has 0 saturated heterocycles. The Kier molecular flexibility index (Phi) is 18.6. The Morgan fingerprint density at radius 3 is 0.814 bits per heavy atom. The molecule has 0 amide bonds. The van der Waals surface area contributed by atoms with E-state index in [0.717, 1.165) is 22.3 Å². The van der Waals surface area contributed by atoms with Gasteiger partial charge in [-0.15, -0.1) is 0 Å². The van der Waals surface area contributed by atoms with Crippen LogP contribution in [-0.4, -0.2) is 35.7 Å². The molecule has 0 fully saturated rings. The number of benzene rings is 5. The Labute approximate surface area is 253 Å². The first kappa shape index (κ1) is 36.4. The maximum absolute atomic E-state index is 8.77. The van der Waals surface area contributed by atoms with E-state index in [4.69, 9.17) is 35.7 Å². The minimum absolute atomic E-state index is 0.0281. The molecule has 0 aliphatic rings. The fraction of sp³-hybridized carbons (Fsp3) is 0.167. The highest BCUT2D eigenvalue weighted by atomic mass is 16.3. The summed E-state index contributed by atoms with van der Waals surface area (Å²) in [5.74, 6) is 0.880. The Morgan fingerprint density at radius 2 is 0.558 bits per heavy atom. The molecule has 0 saturated carbocycles. The van der Waals surface area contributed by atoms with E-state index in [1.807, 2.05) is 56.3 Å². The van der Waals surface area contributed by atoms with E-state index < -0.39 is 0 Å². The van der Waals surface area contributed by atoms with Crippen LogP contribution in [0.4, 0.5) is 0 Å². The lowest BCUT2D eigenvalue weighted by molar-refractivity contribution is 0.278. The molecule has 0 heterocycles. The third kappa shape index (κ3) is 17.7. The summed E-state index contributed by atoms with van der Waals surface area (Å²) < 4.78 is 0. The molecule has 0 aliphatic carbocycles. The Hall–Kier alpha value is -4.66. The number of phenols is 3. The number of para-hydroxylation sites is 1. The Balaban J connectivity index is 0.000000270. The van der Waals surface area contributed by atoms with Crippen molar-refractivity contribution in [2.75, 3.05) is 0 Å². The van der Waals surface area contributed by atoms with Crippen LogP contribution < -0.4 is 0 Å². The van der Waals surface area contributed by atoms with Crippen molar-refractivity contribution < 1.29 is 35.7 Å². The molecule has 0 radical (unpaired) electrons. The lowest BCUT2D eigenvalue weighted by atomic mass is 10.1. The molecule has 0 bridgehead atoms. The van der Waals surface area contributed by atoms with Gasteiger partial charge in [0.2, 0.25) is 0 Å². The molecule has 0 atom stereocenters. The second kappa shape index (κ2) is 22.0. The SMILES string of the molecule is Cc1ccc(CO)cc1.Cc1ccc(O)cc1.OCc1ccc(CO)cc1.OCc1ccc(O)cc1.Oc1ccccc1. The van der Waals surface area contributed by atoms with E-state index in [1.54, 1.807) is 84.9 Å². The first-order valence-electron chi connectivity index (χ1n) is 13.5. The summed E-state index contributed by atoms with van der Waals surface area (Å²) in [4.78, 5) is 0. The van der Waals surface area contributed by atoms with Crippen LogP contribution in [-0.2, 0) is 26.4 Å². The molecule has 0 aromatic heterocycles. The molecule has 0 unspecified atom stereocenters. The van der Waals surface area contributed by atoms with Gasteiger partial charge in [0.25, 0.3) is 0 Å². The van der Waals surface area contributed by atoms with Gasteiger partial charge in [-0.05, 0) is 72.5 Å². The predicted molar refractivity (Wildman–Crippen MR) is 170 cm³/mol. The van der Waals surface area contributed by atoms with Gasteiger partial charge >= 0.3 is 0 Å². The fourth-order valence-corrected chi connectivity index (χ4v) is 3.02. The van der Waals surface area contributed by atoms with Gasteiger partial charge in [-0.1, -0.05) is 102 Å². The second-order valence-corrected chi connectivity index (χ2v) is 9.27. The zero-order chi connectivity index (χ0) is 31.9. The Bertz CT molecular complexity index is 1260. The minimum Gasteiger partial charge on any atom is -0.508 e. The van der Waals surface area contributed by atoms with Crippen LogP contribution in [0.3, 0.4) is 0 Å². The number of aromatic hydroxyl groups is 3. The molecule has 5 aromatic carbocycles. The summed E-state index contributed by atoms with van der Waals surface area (Å²) in [6.07, 6.45) is 0. The van der Waals surface area contributed by atoms with Crippen LogP contribution >= 0.6 is 0 Å². The van der Waals surface area contributed by atoms with Crippen molar-refractivity contribution in [2.24, 2.45) is 0 Å². The van der Waals surface area contributed by atoms with Crippen molar-refractivity contribution in [3.8, 4) is 17.2 Å². The van der Waals surface area contributed by atoms with E-state index in [9.17, 15) is 0 Å². The van der Waals surface area contributed by atoms with E-state index in [2.05, 4.69) is 0 Å². The van der Waals surface area contributed by atoms with Crippen molar-refractivity contribution in [1.82, 2.24) is 0 Å². The van der Waals surface area contributed by atoms with Gasteiger partial charge < -0.3 is 35.7 Å². The highest BCUT2D eigenvalue weighted by molar-refractivity contribution is 5.26. The molecular weight excluding hydrogens is 544 g/mol. The average molecular weight is 587 g/mol. The van der Waals surface area contributed by atoms with Crippen molar-refractivity contribution >= 4 is 0 Å². The fourth-order valence-electron chi connectivity index (χ4n) is 3.02. The standard InChI is InChI=1S/C8H10O2.C8H10O.C7H8O2.C7H8O.C6H6O/c9-5-7-1-2-8(6-10)4-3-7;1-7-2-4-8(6-9)5-3-7;8-5-6-1-3-7(9)4-2-6;1-6-2-4-7(8)5-3-6;7-6-4-2-1-3-5-6/h1-4,9-10H,5-6H2;2-5,9H,6H2,1H3;1-4,8-9H,5H2;2-5,8H,1H3;1-5,7H. The summed E-state index contributed by atoms with van der Waals surface area (Å²) >= 11 is 0. The van der Waals surface area contributed by atoms with Gasteiger partial charge in [-0.2, -0.15) is 0 Å². The van der Waals surface area contributed by atoms with Crippen LogP contribution in [0.1, 0.15) is 33.4 Å². The minimum atomic E-state index is 0.0281. The van der Waals surface area contributed by atoms with Gasteiger partial charge in [0.05, 0.1) is 26.4 Å². The molecule has 7 N–H and O–H groups in total. The second-order valence-electron chi connectivity index (χ2n) is 9.27. The van der Waals surface area contributed by atoms with Crippen molar-refractivity contribution in [3.63, 3.8) is 0 Å². The maximum Gasteiger partial charge on any atom is 0.115 e. The van der Waals surface area contributed by atoms with Gasteiger partial charge in [0.1, 0.15) is 17.2 Å². The van der Waals surface area contributed by atoms with E-state index in [-0.39, 0.29) is 32.2 Å². The van der Waals surface area contributed by atoms with E-state index >= 15 is 0 Å². The number of hydrogen-bond donors (Lipinski definition) is 7. The quantitative estimate of drug-likeness (QED) is 0.134. The predicted octanol–water partition coefficient (Wildman–Crippen LogP) is 6.14. The van der Waals surface area contributed by atoms with Crippen LogP contribution in [0.15, 0.2) is 127 Å². The van der Waals surface area contributed by atoms with E-state index in [0.29, 0.717) is 11.5 Å². The number of hydrogen-bond acceptors (Lipinski definition) is 7. The van der Waals surface area contributed by atoms with Crippen LogP contribution in [0.2, 0.25) is 0 Å². The molecule has 228 valence electrons. The third-order valence-corrected chi connectivity index (χ3v) is 5.60. The molecule has 43 heavy (non-hydrogen) atoms. The monoisotopic (exact) mass is 586 g/mol. The molecule has 0 spiro atoms. The summed E-state index contributed by atoms with van der Waals surface area (Å²) in [5.41, 5.74) is 5.93. The van der Waals surface area contributed by atoms with Gasteiger partial charge in [-0.25, -0.2) is 0 Å². The topological polar surface area (TPSA) is 142 Å². The molecular formula is C36H42O7. The largest absolute Gasteiger partial charge is 0.508 e. The highest BCUT2D eigenvalue weighted by Gasteiger charge is 1.90. The number of phenolic OH excluding ortho intramolecular Hbond substituents is 3. The van der Waals surface area contributed by atoms with Gasteiger partial charge in [-0.3, -0.25) is 0 Å².